The van der Waals surface area contributed by atoms with Crippen LogP contribution in [0.1, 0.15) is 34.1 Å². The number of likely N-dealkylation sites (tertiary alicyclic amines) is 1. The Morgan fingerprint density at radius 1 is 1.23 bits per heavy atom. The Morgan fingerprint density at radius 2 is 2.08 bits per heavy atom. The molecule has 0 spiro atoms. The minimum Gasteiger partial charge on any atom is -0.497 e. The second-order valence-electron chi connectivity index (χ2n) is 5.91. The molecule has 1 fully saturated rings. The zero-order valence-corrected chi connectivity index (χ0v) is 15.6. The van der Waals surface area contributed by atoms with Crippen molar-refractivity contribution in [2.45, 2.75) is 18.9 Å². The summed E-state index contributed by atoms with van der Waals surface area (Å²) in [6.07, 6.45) is 1.71. The van der Waals surface area contributed by atoms with Crippen molar-refractivity contribution in [1.82, 2.24) is 4.90 Å². The molecule has 1 aromatic carbocycles. The highest BCUT2D eigenvalue weighted by Gasteiger charge is 2.32. The molecule has 26 heavy (non-hydrogen) atoms. The zero-order valence-electron chi connectivity index (χ0n) is 14.8. The molecular formula is C19H21NO5S. The van der Waals surface area contributed by atoms with Crippen LogP contribution in [-0.2, 0) is 9.53 Å². The molecule has 1 aliphatic heterocycles. The van der Waals surface area contributed by atoms with Crippen molar-refractivity contribution < 1.29 is 23.8 Å². The van der Waals surface area contributed by atoms with Gasteiger partial charge < -0.3 is 19.1 Å². The van der Waals surface area contributed by atoms with E-state index >= 15 is 0 Å². The van der Waals surface area contributed by atoms with Gasteiger partial charge >= 0.3 is 5.97 Å². The smallest absolute Gasteiger partial charge is 0.348 e. The minimum absolute atomic E-state index is 0.118. The molecule has 1 atom stereocenters. The lowest BCUT2D eigenvalue weighted by molar-refractivity contribution is -0.135. The molecule has 7 heteroatoms. The van der Waals surface area contributed by atoms with Gasteiger partial charge in [-0.2, -0.15) is 0 Å². The molecule has 0 radical (unpaired) electrons. The molecule has 138 valence electrons. The van der Waals surface area contributed by atoms with Gasteiger partial charge in [0.05, 0.1) is 20.3 Å². The van der Waals surface area contributed by atoms with Crippen LogP contribution in [0, 0.1) is 0 Å². The third-order valence-electron chi connectivity index (χ3n) is 4.42. The normalized spacial score (nSPS) is 16.4. The maximum absolute atomic E-state index is 12.6. The highest BCUT2D eigenvalue weighted by molar-refractivity contribution is 7.11. The van der Waals surface area contributed by atoms with Crippen LogP contribution in [0.4, 0.5) is 0 Å². The lowest BCUT2D eigenvalue weighted by Gasteiger charge is -2.26. The van der Waals surface area contributed by atoms with E-state index in [1.807, 2.05) is 18.2 Å². The number of hydrogen-bond acceptors (Lipinski definition) is 6. The predicted octanol–water partition coefficient (Wildman–Crippen LogP) is 3.29. The Bertz CT molecular complexity index is 774. The predicted molar refractivity (Wildman–Crippen MR) is 97.8 cm³/mol. The number of methoxy groups -OCH3 is 2. The first kappa shape index (κ1) is 18.3. The van der Waals surface area contributed by atoms with Crippen molar-refractivity contribution >= 4 is 23.2 Å². The molecular weight excluding hydrogens is 354 g/mol. The first-order chi connectivity index (χ1) is 12.6. The molecule has 0 unspecified atom stereocenters. The second kappa shape index (κ2) is 8.23. The van der Waals surface area contributed by atoms with E-state index in [1.165, 1.54) is 11.3 Å². The summed E-state index contributed by atoms with van der Waals surface area (Å²) in [5.74, 6) is 0.751. The molecule has 1 aliphatic rings. The molecule has 0 bridgehead atoms. The van der Waals surface area contributed by atoms with E-state index in [0.717, 1.165) is 18.4 Å². The number of hydrogen-bond donors (Lipinski definition) is 0. The van der Waals surface area contributed by atoms with Crippen LogP contribution >= 0.6 is 11.3 Å². The fraction of sp³-hybridized carbons (Fsp3) is 0.368. The number of nitrogens with zero attached hydrogens (tertiary/aromatic N) is 1. The number of carbonyl (C=O) groups is 2. The number of ether oxygens (including phenoxy) is 3. The highest BCUT2D eigenvalue weighted by Crippen LogP contribution is 2.38. The van der Waals surface area contributed by atoms with Crippen LogP contribution in [-0.4, -0.2) is 44.1 Å². The van der Waals surface area contributed by atoms with E-state index in [2.05, 4.69) is 0 Å². The van der Waals surface area contributed by atoms with Crippen molar-refractivity contribution in [3.05, 3.63) is 46.2 Å². The Kier molecular flexibility index (Phi) is 5.78. The van der Waals surface area contributed by atoms with E-state index < -0.39 is 5.97 Å². The van der Waals surface area contributed by atoms with E-state index in [1.54, 1.807) is 36.6 Å². The van der Waals surface area contributed by atoms with Crippen molar-refractivity contribution in [1.29, 1.82) is 0 Å². The molecule has 0 N–H and O–H groups in total. The summed E-state index contributed by atoms with van der Waals surface area (Å²) < 4.78 is 15.9. The van der Waals surface area contributed by atoms with Gasteiger partial charge in [0, 0.05) is 12.1 Å². The van der Waals surface area contributed by atoms with E-state index in [0.29, 0.717) is 22.9 Å². The quantitative estimate of drug-likeness (QED) is 0.725. The molecule has 0 saturated carbocycles. The number of benzene rings is 1. The van der Waals surface area contributed by atoms with Crippen molar-refractivity contribution in [2.75, 3.05) is 27.4 Å². The third kappa shape index (κ3) is 3.83. The second-order valence-corrected chi connectivity index (χ2v) is 6.85. The maximum Gasteiger partial charge on any atom is 0.348 e. The van der Waals surface area contributed by atoms with Gasteiger partial charge in [-0.1, -0.05) is 6.07 Å². The molecule has 1 saturated heterocycles. The molecule has 1 amide bonds. The Labute approximate surface area is 156 Å². The van der Waals surface area contributed by atoms with Gasteiger partial charge in [0.2, 0.25) is 0 Å². The van der Waals surface area contributed by atoms with E-state index in [4.69, 9.17) is 14.2 Å². The van der Waals surface area contributed by atoms with Gasteiger partial charge in [0.15, 0.2) is 6.61 Å². The fourth-order valence-corrected chi connectivity index (χ4v) is 3.78. The fourth-order valence-electron chi connectivity index (χ4n) is 3.16. The standard InChI is InChI=1S/C19H21NO5S/c1-23-13-7-8-16(24-2)14(11-13)15-5-3-9-20(15)18(21)12-25-19(22)17-6-4-10-26-17/h4,6-8,10-11,15H,3,5,9,12H2,1-2H3/t15-/m1/s1. The van der Waals surface area contributed by atoms with Crippen LogP contribution in [0.5, 0.6) is 11.5 Å². The molecule has 6 nitrogen and oxygen atoms in total. The summed E-state index contributed by atoms with van der Waals surface area (Å²) in [7, 11) is 3.21. The Morgan fingerprint density at radius 3 is 2.77 bits per heavy atom. The monoisotopic (exact) mass is 375 g/mol. The van der Waals surface area contributed by atoms with Gasteiger partial charge in [0.25, 0.3) is 5.91 Å². The summed E-state index contributed by atoms with van der Waals surface area (Å²) in [6, 6.07) is 8.89. The summed E-state index contributed by atoms with van der Waals surface area (Å²) in [5, 5.41) is 1.80. The summed E-state index contributed by atoms with van der Waals surface area (Å²) >= 11 is 1.29. The summed E-state index contributed by atoms with van der Waals surface area (Å²) in [4.78, 5) is 26.8. The third-order valence-corrected chi connectivity index (χ3v) is 5.27. The molecule has 2 aromatic rings. The molecule has 2 heterocycles. The average Bonchev–Trinajstić information content (AvgIpc) is 3.37. The van der Waals surface area contributed by atoms with Crippen LogP contribution in [0.25, 0.3) is 0 Å². The summed E-state index contributed by atoms with van der Waals surface area (Å²) in [5.41, 5.74) is 0.905. The highest BCUT2D eigenvalue weighted by atomic mass is 32.1. The van der Waals surface area contributed by atoms with Crippen molar-refractivity contribution in [3.63, 3.8) is 0 Å². The lowest BCUT2D eigenvalue weighted by Crippen LogP contribution is -2.34. The summed E-state index contributed by atoms with van der Waals surface area (Å²) in [6.45, 7) is 0.361. The number of esters is 1. The minimum atomic E-state index is -0.469. The molecule has 0 aliphatic carbocycles. The number of carbonyl (C=O) groups excluding carboxylic acids is 2. The number of amides is 1. The van der Waals surface area contributed by atoms with Crippen molar-refractivity contribution in [2.24, 2.45) is 0 Å². The molecule has 1 aromatic heterocycles. The SMILES string of the molecule is COc1ccc(OC)c([C@H]2CCCN2C(=O)COC(=O)c2cccs2)c1. The van der Waals surface area contributed by atoms with Crippen LogP contribution < -0.4 is 9.47 Å². The number of thiophene rings is 1. The first-order valence-electron chi connectivity index (χ1n) is 8.36. The Balaban J connectivity index is 1.71. The first-order valence-corrected chi connectivity index (χ1v) is 9.24. The van der Waals surface area contributed by atoms with Gasteiger partial charge in [-0.25, -0.2) is 4.79 Å². The number of rotatable bonds is 6. The van der Waals surface area contributed by atoms with Gasteiger partial charge in [0.1, 0.15) is 16.4 Å². The van der Waals surface area contributed by atoms with Gasteiger partial charge in [-0.15, -0.1) is 11.3 Å². The topological polar surface area (TPSA) is 65.1 Å². The zero-order chi connectivity index (χ0) is 18.5. The van der Waals surface area contributed by atoms with E-state index in [9.17, 15) is 9.59 Å². The lowest BCUT2D eigenvalue weighted by atomic mass is 10.0. The average molecular weight is 375 g/mol. The maximum atomic E-state index is 12.6. The van der Waals surface area contributed by atoms with Crippen LogP contribution in [0.3, 0.4) is 0 Å². The Hall–Kier alpha value is -2.54. The van der Waals surface area contributed by atoms with E-state index in [-0.39, 0.29) is 18.6 Å². The van der Waals surface area contributed by atoms with Crippen LogP contribution in [0.15, 0.2) is 35.7 Å². The molecule has 3 rings (SSSR count). The largest absolute Gasteiger partial charge is 0.497 e. The van der Waals surface area contributed by atoms with Crippen molar-refractivity contribution in [3.8, 4) is 11.5 Å². The van der Waals surface area contributed by atoms with Crippen LogP contribution in [0.2, 0.25) is 0 Å². The van der Waals surface area contributed by atoms with Gasteiger partial charge in [-0.3, -0.25) is 4.79 Å². The van der Waals surface area contributed by atoms with Gasteiger partial charge in [-0.05, 0) is 42.5 Å².